The number of aromatic amines is 1. The number of carbonyl (C=O) groups is 2. The number of hydrogen-bond acceptors (Lipinski definition) is 3. The van der Waals surface area contributed by atoms with Crippen molar-refractivity contribution in [3.63, 3.8) is 0 Å². The van der Waals surface area contributed by atoms with Gasteiger partial charge in [0, 0.05) is 15.9 Å². The minimum atomic E-state index is -0.995. The molecule has 5 nitrogen and oxygen atoms in total. The number of nitrogens with one attached hydrogen (secondary N) is 2. The van der Waals surface area contributed by atoms with Crippen molar-refractivity contribution >= 4 is 51.7 Å². The van der Waals surface area contributed by atoms with E-state index < -0.39 is 18.0 Å². The van der Waals surface area contributed by atoms with E-state index in [1.807, 2.05) is 24.3 Å². The number of rotatable bonds is 4. The van der Waals surface area contributed by atoms with Gasteiger partial charge < -0.3 is 15.0 Å². The maximum atomic E-state index is 12.2. The summed E-state index contributed by atoms with van der Waals surface area (Å²) in [5.74, 6) is -1.10. The van der Waals surface area contributed by atoms with Gasteiger partial charge in [0.1, 0.15) is 5.69 Å². The van der Waals surface area contributed by atoms with Gasteiger partial charge in [0.05, 0.1) is 10.7 Å². The SMILES string of the molecule is C[C@H](OC(=O)c1cc2ccccc2[nH]1)C(=O)Nc1ccc(Cl)cc1Cl. The van der Waals surface area contributed by atoms with Crippen molar-refractivity contribution in [2.75, 3.05) is 5.32 Å². The van der Waals surface area contributed by atoms with Crippen molar-refractivity contribution in [3.8, 4) is 0 Å². The van der Waals surface area contributed by atoms with Gasteiger partial charge in [0.15, 0.2) is 6.10 Å². The fourth-order valence-corrected chi connectivity index (χ4v) is 2.74. The van der Waals surface area contributed by atoms with E-state index in [4.69, 9.17) is 27.9 Å². The Morgan fingerprint density at radius 2 is 1.88 bits per heavy atom. The highest BCUT2D eigenvalue weighted by atomic mass is 35.5. The molecule has 0 radical (unpaired) electrons. The molecule has 128 valence electrons. The van der Waals surface area contributed by atoms with Crippen molar-refractivity contribution in [2.45, 2.75) is 13.0 Å². The normalized spacial score (nSPS) is 12.0. The molecule has 25 heavy (non-hydrogen) atoms. The van der Waals surface area contributed by atoms with Gasteiger partial charge in [-0.05, 0) is 37.3 Å². The number of esters is 1. The number of carbonyl (C=O) groups excluding carboxylic acids is 2. The minimum absolute atomic E-state index is 0.283. The maximum Gasteiger partial charge on any atom is 0.355 e. The molecule has 0 bridgehead atoms. The van der Waals surface area contributed by atoms with E-state index in [2.05, 4.69) is 10.3 Å². The van der Waals surface area contributed by atoms with Gasteiger partial charge in [0.25, 0.3) is 5.91 Å². The summed E-state index contributed by atoms with van der Waals surface area (Å²) in [6.45, 7) is 1.49. The summed E-state index contributed by atoms with van der Waals surface area (Å²) in [6, 6.07) is 13.8. The Labute approximate surface area is 153 Å². The van der Waals surface area contributed by atoms with Crippen LogP contribution in [0.5, 0.6) is 0 Å². The Hall–Kier alpha value is -2.50. The van der Waals surface area contributed by atoms with Crippen LogP contribution in [0.2, 0.25) is 10.0 Å². The topological polar surface area (TPSA) is 71.2 Å². The number of amides is 1. The number of anilines is 1. The largest absolute Gasteiger partial charge is 0.448 e. The van der Waals surface area contributed by atoms with Gasteiger partial charge in [-0.2, -0.15) is 0 Å². The van der Waals surface area contributed by atoms with E-state index in [0.717, 1.165) is 10.9 Å². The Kier molecular flexibility index (Phi) is 4.97. The highest BCUT2D eigenvalue weighted by Crippen LogP contribution is 2.25. The molecule has 3 rings (SSSR count). The zero-order valence-electron chi connectivity index (χ0n) is 13.2. The van der Waals surface area contributed by atoms with E-state index in [9.17, 15) is 9.59 Å². The predicted molar refractivity (Wildman–Crippen MR) is 98.3 cm³/mol. The number of benzene rings is 2. The van der Waals surface area contributed by atoms with Crippen LogP contribution in [0.4, 0.5) is 5.69 Å². The van der Waals surface area contributed by atoms with E-state index in [-0.39, 0.29) is 5.69 Å². The average molecular weight is 377 g/mol. The fourth-order valence-electron chi connectivity index (χ4n) is 2.29. The summed E-state index contributed by atoms with van der Waals surface area (Å²) < 4.78 is 5.21. The summed E-state index contributed by atoms with van der Waals surface area (Å²) in [5, 5.41) is 4.25. The van der Waals surface area contributed by atoms with Gasteiger partial charge >= 0.3 is 5.97 Å². The number of hydrogen-bond donors (Lipinski definition) is 2. The molecule has 1 heterocycles. The Balaban J connectivity index is 1.67. The van der Waals surface area contributed by atoms with Crippen LogP contribution in [0.15, 0.2) is 48.5 Å². The zero-order chi connectivity index (χ0) is 18.0. The number of H-pyrrole nitrogens is 1. The van der Waals surface area contributed by atoms with Gasteiger partial charge in [-0.25, -0.2) is 4.79 Å². The second-order valence-electron chi connectivity index (χ2n) is 5.43. The summed E-state index contributed by atoms with van der Waals surface area (Å²) >= 11 is 11.8. The van der Waals surface area contributed by atoms with Crippen molar-refractivity contribution in [2.24, 2.45) is 0 Å². The second kappa shape index (κ2) is 7.17. The molecular formula is C18H14Cl2N2O3. The first-order valence-corrected chi connectivity index (χ1v) is 8.24. The van der Waals surface area contributed by atoms with E-state index in [0.29, 0.717) is 15.7 Å². The maximum absolute atomic E-state index is 12.2. The van der Waals surface area contributed by atoms with Crippen LogP contribution in [-0.2, 0) is 9.53 Å². The summed E-state index contributed by atoms with van der Waals surface area (Å²) in [5.41, 5.74) is 1.49. The molecule has 0 unspecified atom stereocenters. The molecule has 0 saturated heterocycles. The Morgan fingerprint density at radius 1 is 1.12 bits per heavy atom. The lowest BCUT2D eigenvalue weighted by atomic mass is 10.2. The Bertz CT molecular complexity index is 919. The highest BCUT2D eigenvalue weighted by molar-refractivity contribution is 6.36. The van der Waals surface area contributed by atoms with E-state index in [1.165, 1.54) is 13.0 Å². The van der Waals surface area contributed by atoms with E-state index >= 15 is 0 Å². The molecule has 0 spiro atoms. The molecule has 3 aromatic rings. The summed E-state index contributed by atoms with van der Waals surface area (Å²) in [6.07, 6.45) is -0.995. The smallest absolute Gasteiger partial charge is 0.355 e. The number of para-hydroxylation sites is 1. The second-order valence-corrected chi connectivity index (χ2v) is 6.27. The lowest BCUT2D eigenvalue weighted by Crippen LogP contribution is -2.30. The van der Waals surface area contributed by atoms with Crippen molar-refractivity contribution in [1.29, 1.82) is 0 Å². The molecule has 0 aliphatic rings. The van der Waals surface area contributed by atoms with Crippen LogP contribution in [-0.4, -0.2) is 23.0 Å². The van der Waals surface area contributed by atoms with Crippen molar-refractivity contribution in [1.82, 2.24) is 4.98 Å². The summed E-state index contributed by atoms with van der Waals surface area (Å²) in [4.78, 5) is 27.4. The standard InChI is InChI=1S/C18H14Cl2N2O3/c1-10(17(23)22-15-7-6-12(19)9-13(15)20)25-18(24)16-8-11-4-2-3-5-14(11)21-16/h2-10,21H,1H3,(H,22,23)/t10-/m0/s1. The van der Waals surface area contributed by atoms with Crippen LogP contribution < -0.4 is 5.32 Å². The van der Waals surface area contributed by atoms with Gasteiger partial charge in [-0.15, -0.1) is 0 Å². The molecule has 7 heteroatoms. The molecule has 2 N–H and O–H groups in total. The van der Waals surface area contributed by atoms with Gasteiger partial charge in [-0.3, -0.25) is 4.79 Å². The van der Waals surface area contributed by atoms with E-state index in [1.54, 1.807) is 18.2 Å². The molecule has 0 aliphatic carbocycles. The van der Waals surface area contributed by atoms with Crippen molar-refractivity contribution in [3.05, 3.63) is 64.3 Å². The predicted octanol–water partition coefficient (Wildman–Crippen LogP) is 4.66. The first-order valence-electron chi connectivity index (χ1n) is 7.48. The van der Waals surface area contributed by atoms with Gasteiger partial charge in [-0.1, -0.05) is 41.4 Å². The third-order valence-corrected chi connectivity index (χ3v) is 4.14. The third kappa shape index (κ3) is 3.95. The first kappa shape index (κ1) is 17.3. The fraction of sp³-hybridized carbons (Fsp3) is 0.111. The number of ether oxygens (including phenoxy) is 1. The lowest BCUT2D eigenvalue weighted by Gasteiger charge is -2.14. The van der Waals surface area contributed by atoms with Gasteiger partial charge in [0.2, 0.25) is 0 Å². The molecule has 1 amide bonds. The minimum Gasteiger partial charge on any atom is -0.448 e. The molecule has 0 saturated carbocycles. The summed E-state index contributed by atoms with van der Waals surface area (Å²) in [7, 11) is 0. The monoisotopic (exact) mass is 376 g/mol. The number of halogens is 2. The molecule has 1 aromatic heterocycles. The number of aromatic nitrogens is 1. The van der Waals surface area contributed by atoms with Crippen LogP contribution in [0.1, 0.15) is 17.4 Å². The van der Waals surface area contributed by atoms with Crippen molar-refractivity contribution < 1.29 is 14.3 Å². The highest BCUT2D eigenvalue weighted by Gasteiger charge is 2.21. The molecule has 1 atom stereocenters. The first-order chi connectivity index (χ1) is 11.9. The van der Waals surface area contributed by atoms with Crippen LogP contribution in [0.25, 0.3) is 10.9 Å². The van der Waals surface area contributed by atoms with Crippen LogP contribution in [0.3, 0.4) is 0 Å². The zero-order valence-corrected chi connectivity index (χ0v) is 14.7. The Morgan fingerprint density at radius 3 is 2.60 bits per heavy atom. The van der Waals surface area contributed by atoms with Crippen LogP contribution in [0, 0.1) is 0 Å². The lowest BCUT2D eigenvalue weighted by molar-refractivity contribution is -0.123. The average Bonchev–Trinajstić information content (AvgIpc) is 3.01. The molecule has 2 aromatic carbocycles. The third-order valence-electron chi connectivity index (χ3n) is 3.59. The molecular weight excluding hydrogens is 363 g/mol. The quantitative estimate of drug-likeness (QED) is 0.650. The van der Waals surface area contributed by atoms with Crippen LogP contribution >= 0.6 is 23.2 Å². The molecule has 0 aliphatic heterocycles. The molecule has 0 fully saturated rings. The number of fused-ring (bicyclic) bond motifs is 1.